The molecule has 4 nitrogen and oxygen atoms in total. The molecule has 3 rings (SSSR count). The van der Waals surface area contributed by atoms with E-state index in [0.29, 0.717) is 27.9 Å². The Kier molecular flexibility index (Phi) is 5.78. The molecule has 0 aliphatic heterocycles. The maximum absolute atomic E-state index is 12.9. The lowest BCUT2D eigenvalue weighted by molar-refractivity contribution is 0.0957. The molecule has 0 saturated carbocycles. The van der Waals surface area contributed by atoms with Crippen molar-refractivity contribution < 1.29 is 13.9 Å². The van der Waals surface area contributed by atoms with Gasteiger partial charge in [0.15, 0.2) is 0 Å². The highest BCUT2D eigenvalue weighted by Crippen LogP contribution is 2.20. The van der Waals surface area contributed by atoms with E-state index in [2.05, 4.69) is 16.4 Å². The van der Waals surface area contributed by atoms with E-state index in [-0.39, 0.29) is 18.3 Å². The highest BCUT2D eigenvalue weighted by Gasteiger charge is 2.15. The number of thiazole rings is 1. The number of hydrogen-bond donors (Lipinski definition) is 1. The van der Waals surface area contributed by atoms with Gasteiger partial charge in [-0.2, -0.15) is 0 Å². The number of nitrogens with one attached hydrogen (secondary N) is 1. The number of rotatable bonds is 7. The molecule has 0 aliphatic carbocycles. The van der Waals surface area contributed by atoms with E-state index < -0.39 is 0 Å². The molecule has 0 radical (unpaired) electrons. The summed E-state index contributed by atoms with van der Waals surface area (Å²) in [6.45, 7) is 2.66. The average Bonchev–Trinajstić information content (AvgIpc) is 3.24. The molecule has 130 valence electrons. The van der Waals surface area contributed by atoms with Gasteiger partial charge in [-0.15, -0.1) is 22.7 Å². The fourth-order valence-corrected chi connectivity index (χ4v) is 3.84. The molecule has 2 aromatic heterocycles. The third kappa shape index (κ3) is 4.87. The van der Waals surface area contributed by atoms with Crippen molar-refractivity contribution in [2.45, 2.75) is 20.0 Å². The van der Waals surface area contributed by atoms with Gasteiger partial charge < -0.3 is 10.1 Å². The van der Waals surface area contributed by atoms with Crippen molar-refractivity contribution in [3.63, 3.8) is 0 Å². The molecule has 1 aromatic carbocycles. The van der Waals surface area contributed by atoms with E-state index in [9.17, 15) is 9.18 Å². The third-order valence-corrected chi connectivity index (χ3v) is 5.53. The lowest BCUT2D eigenvalue weighted by atomic mass is 10.3. The molecule has 2 heterocycles. The minimum atomic E-state index is -0.307. The highest BCUT2D eigenvalue weighted by molar-refractivity contribution is 7.13. The van der Waals surface area contributed by atoms with E-state index in [0.717, 1.165) is 6.42 Å². The minimum absolute atomic E-state index is 0.111. The number of aryl methyl sites for hydroxylation is 1. The number of halogens is 1. The predicted molar refractivity (Wildman–Crippen MR) is 97.9 cm³/mol. The summed E-state index contributed by atoms with van der Waals surface area (Å²) in [5.41, 5.74) is 0.691. The normalized spacial score (nSPS) is 10.6. The second-order valence-electron chi connectivity index (χ2n) is 5.35. The number of amides is 1. The third-order valence-electron chi connectivity index (χ3n) is 3.46. The molecule has 0 saturated heterocycles. The van der Waals surface area contributed by atoms with Gasteiger partial charge in [-0.3, -0.25) is 4.79 Å². The van der Waals surface area contributed by atoms with Gasteiger partial charge >= 0.3 is 0 Å². The lowest BCUT2D eigenvalue weighted by Crippen LogP contribution is -2.25. The van der Waals surface area contributed by atoms with Crippen LogP contribution < -0.4 is 10.1 Å². The quantitative estimate of drug-likeness (QED) is 0.672. The van der Waals surface area contributed by atoms with Gasteiger partial charge in [0.25, 0.3) is 5.91 Å². The van der Waals surface area contributed by atoms with Crippen LogP contribution in [0.1, 0.15) is 25.3 Å². The van der Waals surface area contributed by atoms with Crippen molar-refractivity contribution >= 4 is 28.6 Å². The standard InChI is InChI=1S/C18H17FN2O2S2/c1-12-17(18(22)20-9-8-15-3-2-10-24-15)25-16(21-12)11-23-14-6-4-13(19)5-7-14/h2-7,10H,8-9,11H2,1H3,(H,20,22). The van der Waals surface area contributed by atoms with Crippen LogP contribution in [0.5, 0.6) is 5.75 Å². The molecule has 7 heteroatoms. The Morgan fingerprint density at radius 1 is 1.28 bits per heavy atom. The summed E-state index contributed by atoms with van der Waals surface area (Å²) >= 11 is 3.00. The Morgan fingerprint density at radius 2 is 2.08 bits per heavy atom. The van der Waals surface area contributed by atoms with Gasteiger partial charge in [-0.05, 0) is 49.1 Å². The summed E-state index contributed by atoms with van der Waals surface area (Å²) in [5, 5.41) is 5.67. The minimum Gasteiger partial charge on any atom is -0.486 e. The number of nitrogens with zero attached hydrogens (tertiary/aromatic N) is 1. The molecular weight excluding hydrogens is 359 g/mol. The van der Waals surface area contributed by atoms with Crippen molar-refractivity contribution in [3.05, 3.63) is 68.1 Å². The van der Waals surface area contributed by atoms with E-state index >= 15 is 0 Å². The van der Waals surface area contributed by atoms with Crippen LogP contribution >= 0.6 is 22.7 Å². The summed E-state index contributed by atoms with van der Waals surface area (Å²) in [5.74, 6) is 0.148. The topological polar surface area (TPSA) is 51.2 Å². The predicted octanol–water partition coefficient (Wildman–Crippen LogP) is 4.20. The average molecular weight is 376 g/mol. The second kappa shape index (κ2) is 8.22. The molecule has 0 atom stereocenters. The van der Waals surface area contributed by atoms with Crippen LogP contribution in [0.15, 0.2) is 41.8 Å². The monoisotopic (exact) mass is 376 g/mol. The second-order valence-corrected chi connectivity index (χ2v) is 7.47. The molecule has 25 heavy (non-hydrogen) atoms. The maximum atomic E-state index is 12.9. The first kappa shape index (κ1) is 17.6. The van der Waals surface area contributed by atoms with Crippen molar-refractivity contribution in [1.29, 1.82) is 0 Å². The summed E-state index contributed by atoms with van der Waals surface area (Å²) < 4.78 is 18.5. The van der Waals surface area contributed by atoms with Crippen LogP contribution in [0.25, 0.3) is 0 Å². The molecule has 0 spiro atoms. The fourth-order valence-electron chi connectivity index (χ4n) is 2.23. The Balaban J connectivity index is 1.53. The number of aromatic nitrogens is 1. The molecule has 1 amide bonds. The largest absolute Gasteiger partial charge is 0.486 e. The molecular formula is C18H17FN2O2S2. The van der Waals surface area contributed by atoms with Gasteiger partial charge in [-0.1, -0.05) is 6.07 Å². The zero-order chi connectivity index (χ0) is 17.6. The summed E-state index contributed by atoms with van der Waals surface area (Å²) in [4.78, 5) is 18.5. The van der Waals surface area contributed by atoms with Crippen LogP contribution in [0.4, 0.5) is 4.39 Å². The first-order valence-corrected chi connectivity index (χ1v) is 9.46. The molecule has 3 aromatic rings. The number of hydrogen-bond acceptors (Lipinski definition) is 5. The molecule has 1 N–H and O–H groups in total. The summed E-state index contributed by atoms with van der Waals surface area (Å²) in [6, 6.07) is 9.87. The lowest BCUT2D eigenvalue weighted by Gasteiger charge is -2.03. The van der Waals surface area contributed by atoms with Crippen molar-refractivity contribution in [2.24, 2.45) is 0 Å². The number of thiophene rings is 1. The summed E-state index contributed by atoms with van der Waals surface area (Å²) in [6.07, 6.45) is 0.821. The van der Waals surface area contributed by atoms with Crippen molar-refractivity contribution in [3.8, 4) is 5.75 Å². The number of carbonyl (C=O) groups is 1. The summed E-state index contributed by atoms with van der Waals surface area (Å²) in [7, 11) is 0. The zero-order valence-corrected chi connectivity index (χ0v) is 15.3. The van der Waals surface area contributed by atoms with E-state index in [1.807, 2.05) is 18.4 Å². The molecule has 0 fully saturated rings. The zero-order valence-electron chi connectivity index (χ0n) is 13.6. The first-order valence-electron chi connectivity index (χ1n) is 7.77. The Hall–Kier alpha value is -2.25. The van der Waals surface area contributed by atoms with E-state index in [1.54, 1.807) is 23.5 Å². The Bertz CT molecular complexity index is 829. The smallest absolute Gasteiger partial charge is 0.263 e. The SMILES string of the molecule is Cc1nc(COc2ccc(F)cc2)sc1C(=O)NCCc1cccs1. The van der Waals surface area contributed by atoms with Crippen LogP contribution in [-0.4, -0.2) is 17.4 Å². The number of benzene rings is 1. The van der Waals surface area contributed by atoms with Crippen LogP contribution in [0, 0.1) is 12.7 Å². The molecule has 0 bridgehead atoms. The van der Waals surface area contributed by atoms with Crippen molar-refractivity contribution in [2.75, 3.05) is 6.54 Å². The number of carbonyl (C=O) groups excluding carboxylic acids is 1. The maximum Gasteiger partial charge on any atom is 0.263 e. The van der Waals surface area contributed by atoms with Gasteiger partial charge in [0, 0.05) is 11.4 Å². The van der Waals surface area contributed by atoms with Gasteiger partial charge in [0.1, 0.15) is 28.1 Å². The Morgan fingerprint density at radius 3 is 2.80 bits per heavy atom. The van der Waals surface area contributed by atoms with Crippen LogP contribution in [0.3, 0.4) is 0 Å². The van der Waals surface area contributed by atoms with Crippen molar-refractivity contribution in [1.82, 2.24) is 10.3 Å². The van der Waals surface area contributed by atoms with Gasteiger partial charge in [-0.25, -0.2) is 9.37 Å². The van der Waals surface area contributed by atoms with Crippen LogP contribution in [-0.2, 0) is 13.0 Å². The van der Waals surface area contributed by atoms with Gasteiger partial charge in [0.05, 0.1) is 5.69 Å². The Labute approximate surface area is 153 Å². The molecule has 0 aliphatic rings. The van der Waals surface area contributed by atoms with Crippen LogP contribution in [0.2, 0.25) is 0 Å². The highest BCUT2D eigenvalue weighted by atomic mass is 32.1. The first-order chi connectivity index (χ1) is 12.1. The fraction of sp³-hybridized carbons (Fsp3) is 0.222. The number of ether oxygens (including phenoxy) is 1. The van der Waals surface area contributed by atoms with E-state index in [1.165, 1.54) is 28.3 Å². The van der Waals surface area contributed by atoms with E-state index in [4.69, 9.17) is 4.74 Å². The molecule has 0 unspecified atom stereocenters. The van der Waals surface area contributed by atoms with Gasteiger partial charge in [0.2, 0.25) is 0 Å².